The van der Waals surface area contributed by atoms with Gasteiger partial charge in [-0.3, -0.25) is 9.36 Å². The lowest BCUT2D eigenvalue weighted by atomic mass is 10.2. The van der Waals surface area contributed by atoms with Gasteiger partial charge in [0.25, 0.3) is 5.91 Å². The van der Waals surface area contributed by atoms with Gasteiger partial charge >= 0.3 is 0 Å². The Bertz CT molecular complexity index is 757. The van der Waals surface area contributed by atoms with Crippen molar-refractivity contribution in [3.05, 3.63) is 36.7 Å². The molecule has 0 fully saturated rings. The largest absolute Gasteiger partial charge is 0.397 e. The van der Waals surface area contributed by atoms with Gasteiger partial charge in [0.05, 0.1) is 17.4 Å². The molecule has 0 aliphatic carbocycles. The van der Waals surface area contributed by atoms with Crippen molar-refractivity contribution in [2.24, 2.45) is 0 Å². The molecule has 0 amide bonds. The number of rotatable bonds is 2. The number of hydrogen-bond acceptors (Lipinski definition) is 5. The summed E-state index contributed by atoms with van der Waals surface area (Å²) < 4.78 is 2.91. The molecule has 7 nitrogen and oxygen atoms in total. The van der Waals surface area contributed by atoms with Gasteiger partial charge in [-0.15, -0.1) is 5.10 Å². The standard InChI is InChI=1S/C12H12N6O/c13-9-3-1-2-8-4-5-18(12(8)9)11(19)7-17-6-10(14)15-16-17/h1-6H,7,13-14H2. The van der Waals surface area contributed by atoms with Crippen LogP contribution in [0.25, 0.3) is 10.9 Å². The number of benzene rings is 1. The molecular formula is C12H12N6O. The van der Waals surface area contributed by atoms with Crippen molar-refractivity contribution >= 4 is 28.3 Å². The van der Waals surface area contributed by atoms with E-state index < -0.39 is 0 Å². The first kappa shape index (κ1) is 11.3. The number of carbonyl (C=O) groups excluding carboxylic acids is 1. The van der Waals surface area contributed by atoms with Crippen molar-refractivity contribution in [1.82, 2.24) is 19.6 Å². The summed E-state index contributed by atoms with van der Waals surface area (Å²) in [5.41, 5.74) is 12.6. The highest BCUT2D eigenvalue weighted by molar-refractivity contribution is 5.98. The molecule has 3 aromatic rings. The summed E-state index contributed by atoms with van der Waals surface area (Å²) in [4.78, 5) is 12.2. The lowest BCUT2D eigenvalue weighted by molar-refractivity contribution is 0.0891. The molecule has 0 atom stereocenters. The third kappa shape index (κ3) is 1.90. The predicted molar refractivity (Wildman–Crippen MR) is 71.4 cm³/mol. The normalized spacial score (nSPS) is 10.9. The van der Waals surface area contributed by atoms with E-state index in [1.165, 1.54) is 15.4 Å². The maximum absolute atomic E-state index is 12.2. The summed E-state index contributed by atoms with van der Waals surface area (Å²) in [5, 5.41) is 8.30. The van der Waals surface area contributed by atoms with Crippen LogP contribution < -0.4 is 11.5 Å². The summed E-state index contributed by atoms with van der Waals surface area (Å²) in [6.07, 6.45) is 3.20. The van der Waals surface area contributed by atoms with Crippen LogP contribution in [0.4, 0.5) is 11.5 Å². The molecule has 96 valence electrons. The highest BCUT2D eigenvalue weighted by atomic mass is 16.2. The third-order valence-corrected chi connectivity index (χ3v) is 2.86. The number of nitrogen functional groups attached to an aromatic ring is 2. The Kier molecular flexibility index (Phi) is 2.45. The molecule has 7 heteroatoms. The molecule has 19 heavy (non-hydrogen) atoms. The number of aromatic nitrogens is 4. The van der Waals surface area contributed by atoms with Crippen molar-refractivity contribution < 1.29 is 4.79 Å². The topological polar surface area (TPSA) is 105 Å². The fraction of sp³-hybridized carbons (Fsp3) is 0.0833. The van der Waals surface area contributed by atoms with Gasteiger partial charge in [0.15, 0.2) is 5.82 Å². The van der Waals surface area contributed by atoms with E-state index in [4.69, 9.17) is 11.5 Å². The first-order chi connectivity index (χ1) is 9.15. The molecule has 0 spiro atoms. The molecule has 2 heterocycles. The van der Waals surface area contributed by atoms with Gasteiger partial charge in [0, 0.05) is 11.6 Å². The molecular weight excluding hydrogens is 244 g/mol. The minimum absolute atomic E-state index is 0.0579. The molecule has 0 radical (unpaired) electrons. The second-order valence-electron chi connectivity index (χ2n) is 4.21. The number of nitrogens with two attached hydrogens (primary N) is 2. The number of carbonyl (C=O) groups is 1. The zero-order valence-electron chi connectivity index (χ0n) is 10.0. The summed E-state index contributed by atoms with van der Waals surface area (Å²) in [6.45, 7) is 0.0579. The Balaban J connectivity index is 1.98. The van der Waals surface area contributed by atoms with E-state index in [1.807, 2.05) is 18.2 Å². The van der Waals surface area contributed by atoms with E-state index in [0.717, 1.165) is 5.39 Å². The van der Waals surface area contributed by atoms with E-state index in [1.54, 1.807) is 12.3 Å². The lowest BCUT2D eigenvalue weighted by Crippen LogP contribution is -2.17. The van der Waals surface area contributed by atoms with E-state index in [0.29, 0.717) is 11.2 Å². The van der Waals surface area contributed by atoms with Gasteiger partial charge in [0.1, 0.15) is 6.54 Å². The van der Waals surface area contributed by atoms with Gasteiger partial charge in [0.2, 0.25) is 0 Å². The van der Waals surface area contributed by atoms with Crippen molar-refractivity contribution in [2.75, 3.05) is 11.5 Å². The average Bonchev–Trinajstić information content (AvgIpc) is 2.96. The van der Waals surface area contributed by atoms with Crippen LogP contribution in [0.5, 0.6) is 0 Å². The molecule has 2 aromatic heterocycles. The lowest BCUT2D eigenvalue weighted by Gasteiger charge is -2.05. The second kappa shape index (κ2) is 4.13. The maximum atomic E-state index is 12.2. The maximum Gasteiger partial charge on any atom is 0.252 e. The van der Waals surface area contributed by atoms with Gasteiger partial charge in [-0.05, 0) is 12.1 Å². The van der Waals surface area contributed by atoms with Crippen molar-refractivity contribution in [3.8, 4) is 0 Å². The van der Waals surface area contributed by atoms with Gasteiger partial charge in [-0.25, -0.2) is 4.68 Å². The first-order valence-corrected chi connectivity index (χ1v) is 5.69. The summed E-state index contributed by atoms with van der Waals surface area (Å²) in [6, 6.07) is 7.37. The molecule has 0 aliphatic heterocycles. The number of fused-ring (bicyclic) bond motifs is 1. The molecule has 4 N–H and O–H groups in total. The van der Waals surface area contributed by atoms with Crippen LogP contribution in [0.15, 0.2) is 36.7 Å². The zero-order chi connectivity index (χ0) is 13.4. The molecule has 3 rings (SSSR count). The first-order valence-electron chi connectivity index (χ1n) is 5.69. The highest BCUT2D eigenvalue weighted by Crippen LogP contribution is 2.22. The average molecular weight is 256 g/mol. The minimum Gasteiger partial charge on any atom is -0.397 e. The van der Waals surface area contributed by atoms with Crippen LogP contribution in [0, 0.1) is 0 Å². The Morgan fingerprint density at radius 3 is 2.84 bits per heavy atom. The summed E-state index contributed by atoms with van der Waals surface area (Å²) in [5.74, 6) is 0.127. The van der Waals surface area contributed by atoms with Gasteiger partial charge in [-0.2, -0.15) is 0 Å². The minimum atomic E-state index is -0.155. The fourth-order valence-corrected chi connectivity index (χ4v) is 2.04. The third-order valence-electron chi connectivity index (χ3n) is 2.86. The van der Waals surface area contributed by atoms with Crippen LogP contribution in [0.2, 0.25) is 0 Å². The van der Waals surface area contributed by atoms with E-state index in [2.05, 4.69) is 10.3 Å². The Morgan fingerprint density at radius 2 is 2.11 bits per heavy atom. The van der Waals surface area contributed by atoms with Gasteiger partial charge in [-0.1, -0.05) is 17.3 Å². The van der Waals surface area contributed by atoms with Gasteiger partial charge < -0.3 is 11.5 Å². The summed E-state index contributed by atoms with van der Waals surface area (Å²) >= 11 is 0. The predicted octanol–water partition coefficient (Wildman–Crippen LogP) is 0.738. The van der Waals surface area contributed by atoms with E-state index >= 15 is 0 Å². The molecule has 0 unspecified atom stereocenters. The van der Waals surface area contributed by atoms with Crippen molar-refractivity contribution in [2.45, 2.75) is 6.54 Å². The Hall–Kier alpha value is -2.83. The van der Waals surface area contributed by atoms with Crippen molar-refractivity contribution in [1.29, 1.82) is 0 Å². The zero-order valence-corrected chi connectivity index (χ0v) is 10.0. The molecule has 1 aromatic carbocycles. The van der Waals surface area contributed by atoms with E-state index in [9.17, 15) is 4.79 Å². The van der Waals surface area contributed by atoms with Crippen molar-refractivity contribution in [3.63, 3.8) is 0 Å². The smallest absolute Gasteiger partial charge is 0.252 e. The molecule has 0 saturated heterocycles. The Morgan fingerprint density at radius 1 is 1.26 bits per heavy atom. The second-order valence-corrected chi connectivity index (χ2v) is 4.21. The van der Waals surface area contributed by atoms with Crippen LogP contribution in [-0.2, 0) is 6.54 Å². The number of para-hydroxylation sites is 1. The number of hydrogen-bond donors (Lipinski definition) is 2. The quantitative estimate of drug-likeness (QED) is 0.658. The van der Waals surface area contributed by atoms with Crippen LogP contribution >= 0.6 is 0 Å². The van der Waals surface area contributed by atoms with Crippen LogP contribution in [0.3, 0.4) is 0 Å². The molecule has 0 bridgehead atoms. The van der Waals surface area contributed by atoms with Crippen LogP contribution in [-0.4, -0.2) is 25.5 Å². The molecule has 0 aliphatic rings. The summed E-state index contributed by atoms with van der Waals surface area (Å²) in [7, 11) is 0. The highest BCUT2D eigenvalue weighted by Gasteiger charge is 2.12. The van der Waals surface area contributed by atoms with E-state index in [-0.39, 0.29) is 18.3 Å². The van der Waals surface area contributed by atoms with Crippen LogP contribution in [0.1, 0.15) is 4.79 Å². The fourth-order valence-electron chi connectivity index (χ4n) is 2.04. The number of nitrogens with zero attached hydrogens (tertiary/aromatic N) is 4. The Labute approximate surface area is 108 Å². The monoisotopic (exact) mass is 256 g/mol. The SMILES string of the molecule is Nc1cn(CC(=O)n2ccc3cccc(N)c32)nn1. The number of anilines is 2. The molecule has 0 saturated carbocycles.